The molecule has 3 aromatic rings. The Kier molecular flexibility index (Phi) is 3.95. The predicted molar refractivity (Wildman–Crippen MR) is 94.4 cm³/mol. The van der Waals surface area contributed by atoms with Gasteiger partial charge in [-0.1, -0.05) is 6.92 Å². The first-order valence-corrected chi connectivity index (χ1v) is 9.15. The number of hydrogen-bond acceptors (Lipinski definition) is 6. The molecule has 0 bridgehead atoms. The largest absolute Gasteiger partial charge is 0.463 e. The first-order valence-electron chi connectivity index (χ1n) is 8.33. The van der Waals surface area contributed by atoms with Crippen LogP contribution in [0.4, 0.5) is 0 Å². The SMILES string of the molecule is CCc1nc2sc3c(c2c(=O)n1Cc1ccc(C(=O)OC)o1)CCC3. The van der Waals surface area contributed by atoms with E-state index in [1.807, 2.05) is 6.92 Å². The van der Waals surface area contributed by atoms with Gasteiger partial charge in [-0.25, -0.2) is 9.78 Å². The molecule has 0 N–H and O–H groups in total. The Morgan fingerprint density at radius 2 is 2.24 bits per heavy atom. The van der Waals surface area contributed by atoms with Crippen molar-refractivity contribution in [2.24, 2.45) is 0 Å². The number of carbonyl (C=O) groups is 1. The molecular formula is C18H18N2O4S. The van der Waals surface area contributed by atoms with Crippen LogP contribution in [0.2, 0.25) is 0 Å². The number of aryl methyl sites for hydroxylation is 3. The minimum absolute atomic E-state index is 0.0164. The monoisotopic (exact) mass is 358 g/mol. The van der Waals surface area contributed by atoms with Crippen LogP contribution in [-0.4, -0.2) is 22.6 Å². The van der Waals surface area contributed by atoms with Crippen molar-refractivity contribution < 1.29 is 13.9 Å². The van der Waals surface area contributed by atoms with Gasteiger partial charge in [0.15, 0.2) is 0 Å². The molecule has 130 valence electrons. The minimum atomic E-state index is -0.529. The minimum Gasteiger partial charge on any atom is -0.463 e. The average Bonchev–Trinajstić information content (AvgIpc) is 3.31. The normalized spacial score (nSPS) is 13.4. The molecule has 0 saturated carbocycles. The van der Waals surface area contributed by atoms with Crippen LogP contribution in [0.25, 0.3) is 10.2 Å². The van der Waals surface area contributed by atoms with Crippen LogP contribution in [0.5, 0.6) is 0 Å². The summed E-state index contributed by atoms with van der Waals surface area (Å²) >= 11 is 1.65. The highest BCUT2D eigenvalue weighted by Crippen LogP contribution is 2.34. The van der Waals surface area contributed by atoms with Crippen molar-refractivity contribution in [2.75, 3.05) is 7.11 Å². The summed E-state index contributed by atoms with van der Waals surface area (Å²) in [6.45, 7) is 2.24. The number of rotatable bonds is 4. The van der Waals surface area contributed by atoms with E-state index in [-0.39, 0.29) is 17.9 Å². The molecule has 0 fully saturated rings. The Morgan fingerprint density at radius 3 is 3.00 bits per heavy atom. The van der Waals surface area contributed by atoms with E-state index in [0.717, 1.165) is 35.3 Å². The molecule has 0 saturated heterocycles. The predicted octanol–water partition coefficient (Wildman–Crippen LogP) is 2.94. The molecule has 4 rings (SSSR count). The maximum absolute atomic E-state index is 13.1. The van der Waals surface area contributed by atoms with Crippen LogP contribution in [-0.2, 0) is 30.5 Å². The Bertz CT molecular complexity index is 1030. The number of ether oxygens (including phenoxy) is 1. The van der Waals surface area contributed by atoms with E-state index in [9.17, 15) is 9.59 Å². The molecule has 0 spiro atoms. The average molecular weight is 358 g/mol. The van der Waals surface area contributed by atoms with Gasteiger partial charge in [0, 0.05) is 11.3 Å². The van der Waals surface area contributed by atoms with Crippen molar-refractivity contribution in [2.45, 2.75) is 39.2 Å². The lowest BCUT2D eigenvalue weighted by molar-refractivity contribution is 0.0563. The molecule has 1 aliphatic rings. The Labute approximate surface area is 148 Å². The summed E-state index contributed by atoms with van der Waals surface area (Å²) in [5.74, 6) is 0.867. The maximum atomic E-state index is 13.1. The van der Waals surface area contributed by atoms with Gasteiger partial charge in [0.1, 0.15) is 16.4 Å². The lowest BCUT2D eigenvalue weighted by atomic mass is 10.2. The molecule has 0 radical (unpaired) electrons. The van der Waals surface area contributed by atoms with Gasteiger partial charge in [0.05, 0.1) is 19.0 Å². The summed E-state index contributed by atoms with van der Waals surface area (Å²) in [6.07, 6.45) is 3.74. The number of esters is 1. The summed E-state index contributed by atoms with van der Waals surface area (Å²) in [7, 11) is 1.30. The standard InChI is InChI=1S/C18H18N2O4S/c1-3-14-19-16-15(11-5-4-6-13(11)25-16)17(21)20(14)9-10-7-8-12(24-10)18(22)23-2/h7-8H,3-6,9H2,1-2H3. The highest BCUT2D eigenvalue weighted by Gasteiger charge is 2.23. The first-order chi connectivity index (χ1) is 12.1. The molecule has 3 heterocycles. The van der Waals surface area contributed by atoms with Crippen LogP contribution in [0, 0.1) is 0 Å². The maximum Gasteiger partial charge on any atom is 0.373 e. The van der Waals surface area contributed by atoms with E-state index < -0.39 is 5.97 Å². The summed E-state index contributed by atoms with van der Waals surface area (Å²) in [6, 6.07) is 3.26. The van der Waals surface area contributed by atoms with E-state index in [0.29, 0.717) is 12.2 Å². The number of methoxy groups -OCH3 is 1. The number of hydrogen-bond donors (Lipinski definition) is 0. The Morgan fingerprint density at radius 1 is 1.40 bits per heavy atom. The Hall–Kier alpha value is -2.41. The zero-order chi connectivity index (χ0) is 17.6. The lowest BCUT2D eigenvalue weighted by Crippen LogP contribution is -2.25. The molecular weight excluding hydrogens is 340 g/mol. The highest BCUT2D eigenvalue weighted by atomic mass is 32.1. The van der Waals surface area contributed by atoms with E-state index >= 15 is 0 Å². The first kappa shape index (κ1) is 16.1. The van der Waals surface area contributed by atoms with Crippen LogP contribution in [0.1, 0.15) is 45.9 Å². The summed E-state index contributed by atoms with van der Waals surface area (Å²) in [4.78, 5) is 31.5. The number of thiophene rings is 1. The Balaban J connectivity index is 1.80. The number of nitrogens with zero attached hydrogens (tertiary/aromatic N) is 2. The second-order valence-electron chi connectivity index (χ2n) is 6.07. The van der Waals surface area contributed by atoms with E-state index in [1.54, 1.807) is 28.0 Å². The van der Waals surface area contributed by atoms with Crippen LogP contribution < -0.4 is 5.56 Å². The molecule has 1 aliphatic carbocycles. The molecule has 0 atom stereocenters. The van der Waals surface area contributed by atoms with Crippen LogP contribution in [0.3, 0.4) is 0 Å². The summed E-state index contributed by atoms with van der Waals surface area (Å²) < 4.78 is 11.8. The second-order valence-corrected chi connectivity index (χ2v) is 7.15. The van der Waals surface area contributed by atoms with Crippen LogP contribution >= 0.6 is 11.3 Å². The molecule has 0 unspecified atom stereocenters. The van der Waals surface area contributed by atoms with Gasteiger partial charge in [0.2, 0.25) is 5.76 Å². The van der Waals surface area contributed by atoms with Gasteiger partial charge in [0.25, 0.3) is 5.56 Å². The van der Waals surface area contributed by atoms with Gasteiger partial charge < -0.3 is 9.15 Å². The smallest absolute Gasteiger partial charge is 0.373 e. The van der Waals surface area contributed by atoms with Crippen LogP contribution in [0.15, 0.2) is 21.3 Å². The molecule has 7 heteroatoms. The quantitative estimate of drug-likeness (QED) is 0.671. The van der Waals surface area contributed by atoms with Crippen molar-refractivity contribution in [3.05, 3.63) is 50.3 Å². The van der Waals surface area contributed by atoms with Crippen molar-refractivity contribution >= 4 is 27.5 Å². The molecule has 6 nitrogen and oxygen atoms in total. The zero-order valence-corrected chi connectivity index (χ0v) is 14.9. The van der Waals surface area contributed by atoms with Gasteiger partial charge >= 0.3 is 5.97 Å². The fourth-order valence-electron chi connectivity index (χ4n) is 3.38. The van der Waals surface area contributed by atoms with Gasteiger partial charge in [-0.3, -0.25) is 9.36 Å². The molecule has 0 aliphatic heterocycles. The van der Waals surface area contributed by atoms with Gasteiger partial charge in [-0.15, -0.1) is 11.3 Å². The van der Waals surface area contributed by atoms with Crippen molar-refractivity contribution in [1.29, 1.82) is 0 Å². The third kappa shape index (κ3) is 2.59. The van der Waals surface area contributed by atoms with Gasteiger partial charge in [-0.05, 0) is 37.0 Å². The fraction of sp³-hybridized carbons (Fsp3) is 0.389. The van der Waals surface area contributed by atoms with Gasteiger partial charge in [-0.2, -0.15) is 0 Å². The van der Waals surface area contributed by atoms with Crippen molar-refractivity contribution in [1.82, 2.24) is 9.55 Å². The topological polar surface area (TPSA) is 74.3 Å². The van der Waals surface area contributed by atoms with E-state index in [4.69, 9.17) is 9.40 Å². The third-order valence-corrected chi connectivity index (χ3v) is 5.77. The lowest BCUT2D eigenvalue weighted by Gasteiger charge is -2.10. The molecule has 25 heavy (non-hydrogen) atoms. The summed E-state index contributed by atoms with van der Waals surface area (Å²) in [5.41, 5.74) is 1.15. The molecule has 0 amide bonds. The third-order valence-electron chi connectivity index (χ3n) is 4.58. The van der Waals surface area contributed by atoms with E-state index in [1.165, 1.54) is 17.6 Å². The fourth-order valence-corrected chi connectivity index (χ4v) is 4.65. The second kappa shape index (κ2) is 6.15. The number of fused-ring (bicyclic) bond motifs is 3. The molecule has 3 aromatic heterocycles. The zero-order valence-electron chi connectivity index (χ0n) is 14.1. The molecule has 0 aromatic carbocycles. The number of aromatic nitrogens is 2. The summed E-state index contributed by atoms with van der Waals surface area (Å²) in [5, 5.41) is 0.759. The highest BCUT2D eigenvalue weighted by molar-refractivity contribution is 7.18. The number of furan rings is 1. The van der Waals surface area contributed by atoms with Crippen molar-refractivity contribution in [3.63, 3.8) is 0 Å². The number of carbonyl (C=O) groups excluding carboxylic acids is 1. The van der Waals surface area contributed by atoms with Crippen molar-refractivity contribution in [3.8, 4) is 0 Å². The van der Waals surface area contributed by atoms with E-state index in [2.05, 4.69) is 4.74 Å².